The second kappa shape index (κ2) is 12.0. The summed E-state index contributed by atoms with van der Waals surface area (Å²) in [6.45, 7) is 4.32. The number of carbonyl (C=O) groups is 2. The summed E-state index contributed by atoms with van der Waals surface area (Å²) >= 11 is 0. The zero-order valence-corrected chi connectivity index (χ0v) is 21.2. The van der Waals surface area contributed by atoms with Crippen LogP contribution in [0.1, 0.15) is 49.3 Å². The van der Waals surface area contributed by atoms with Gasteiger partial charge in [0.15, 0.2) is 0 Å². The maximum Gasteiger partial charge on any atom is 0.262 e. The lowest BCUT2D eigenvalue weighted by atomic mass is 9.98. The standard InChI is InChI=1S/C29H35FN4O3/c30-25-12-10-22(11-13-25)26-20-27(23-6-2-1-3-7-23)34(31-26)28(35)21-33(29(36)24-8-4-5-9-24)15-14-32-16-18-37-19-17-32/h1-3,6-7,10-13,24,27H,4-5,8-9,14-21H2/t27-/m1/s1. The number of amides is 2. The molecule has 2 fully saturated rings. The Morgan fingerprint density at radius 1 is 1.00 bits per heavy atom. The molecule has 3 aliphatic rings. The molecule has 0 aromatic heterocycles. The van der Waals surface area contributed by atoms with Crippen LogP contribution in [0.5, 0.6) is 0 Å². The number of hydrogen-bond acceptors (Lipinski definition) is 5. The van der Waals surface area contributed by atoms with Crippen LogP contribution in [0.15, 0.2) is 59.7 Å². The van der Waals surface area contributed by atoms with Gasteiger partial charge in [-0.25, -0.2) is 9.40 Å². The van der Waals surface area contributed by atoms with E-state index in [4.69, 9.17) is 9.84 Å². The quantitative estimate of drug-likeness (QED) is 0.546. The molecule has 0 spiro atoms. The first-order valence-electron chi connectivity index (χ1n) is 13.4. The highest BCUT2D eigenvalue weighted by Gasteiger charge is 2.36. The summed E-state index contributed by atoms with van der Waals surface area (Å²) in [4.78, 5) is 31.3. The van der Waals surface area contributed by atoms with Crippen molar-refractivity contribution in [1.82, 2.24) is 14.8 Å². The Morgan fingerprint density at radius 3 is 2.41 bits per heavy atom. The lowest BCUT2D eigenvalue weighted by Gasteiger charge is -2.32. The van der Waals surface area contributed by atoms with Crippen LogP contribution < -0.4 is 0 Å². The third-order valence-electron chi connectivity index (χ3n) is 7.66. The van der Waals surface area contributed by atoms with Crippen molar-refractivity contribution in [3.05, 3.63) is 71.5 Å². The first-order chi connectivity index (χ1) is 18.1. The molecule has 8 heteroatoms. The monoisotopic (exact) mass is 506 g/mol. The normalized spacial score (nSPS) is 20.7. The van der Waals surface area contributed by atoms with Crippen LogP contribution in [0.2, 0.25) is 0 Å². The maximum atomic E-state index is 13.8. The van der Waals surface area contributed by atoms with Gasteiger partial charge in [-0.2, -0.15) is 5.10 Å². The predicted octanol–water partition coefficient (Wildman–Crippen LogP) is 3.85. The number of rotatable bonds is 8. The molecule has 2 amide bonds. The number of hydrazone groups is 1. The lowest BCUT2D eigenvalue weighted by Crippen LogP contribution is -2.47. The van der Waals surface area contributed by atoms with E-state index in [1.54, 1.807) is 17.0 Å². The number of nitrogens with zero attached hydrogens (tertiary/aromatic N) is 4. The van der Waals surface area contributed by atoms with Gasteiger partial charge in [-0.3, -0.25) is 14.5 Å². The summed E-state index contributed by atoms with van der Waals surface area (Å²) < 4.78 is 19.0. The van der Waals surface area contributed by atoms with Gasteiger partial charge in [0.05, 0.1) is 25.0 Å². The summed E-state index contributed by atoms with van der Waals surface area (Å²) in [7, 11) is 0. The number of benzene rings is 2. The largest absolute Gasteiger partial charge is 0.379 e. The Kier molecular flexibility index (Phi) is 8.26. The summed E-state index contributed by atoms with van der Waals surface area (Å²) in [5.41, 5.74) is 2.52. The minimum atomic E-state index is -0.309. The molecule has 2 aromatic carbocycles. The lowest BCUT2D eigenvalue weighted by molar-refractivity contribution is -0.144. The van der Waals surface area contributed by atoms with Gasteiger partial charge >= 0.3 is 0 Å². The van der Waals surface area contributed by atoms with E-state index in [-0.39, 0.29) is 36.1 Å². The topological polar surface area (TPSA) is 65.5 Å². The smallest absolute Gasteiger partial charge is 0.262 e. The Hall–Kier alpha value is -3.10. The van der Waals surface area contributed by atoms with Gasteiger partial charge in [0.1, 0.15) is 12.4 Å². The van der Waals surface area contributed by atoms with Crippen LogP contribution in [0, 0.1) is 11.7 Å². The van der Waals surface area contributed by atoms with Crippen molar-refractivity contribution in [2.75, 3.05) is 45.9 Å². The average molecular weight is 507 g/mol. The van der Waals surface area contributed by atoms with Crippen molar-refractivity contribution in [3.63, 3.8) is 0 Å². The fourth-order valence-electron chi connectivity index (χ4n) is 5.51. The van der Waals surface area contributed by atoms with Crippen LogP contribution in [0.3, 0.4) is 0 Å². The van der Waals surface area contributed by atoms with Crippen LogP contribution in [0.4, 0.5) is 4.39 Å². The van der Waals surface area contributed by atoms with Gasteiger partial charge in [-0.05, 0) is 36.1 Å². The second-order valence-electron chi connectivity index (χ2n) is 10.1. The molecule has 0 unspecified atom stereocenters. The van der Waals surface area contributed by atoms with Gasteiger partial charge in [0, 0.05) is 38.5 Å². The molecule has 1 aliphatic carbocycles. The molecule has 2 heterocycles. The SMILES string of the molecule is O=C(C1CCCC1)N(CCN1CCOCC1)CC(=O)N1N=C(c2ccc(F)cc2)C[C@@H]1c1ccccc1. The second-order valence-corrected chi connectivity index (χ2v) is 10.1. The zero-order valence-electron chi connectivity index (χ0n) is 21.2. The van der Waals surface area contributed by atoms with E-state index in [2.05, 4.69) is 4.90 Å². The Balaban J connectivity index is 1.36. The van der Waals surface area contributed by atoms with Gasteiger partial charge in [0.25, 0.3) is 5.91 Å². The molecule has 196 valence electrons. The molecule has 5 rings (SSSR count). The molecule has 1 saturated carbocycles. The number of morpholine rings is 1. The maximum absolute atomic E-state index is 13.8. The number of ether oxygens (including phenoxy) is 1. The van der Waals surface area contributed by atoms with Crippen molar-refractivity contribution in [2.45, 2.75) is 38.1 Å². The van der Waals surface area contributed by atoms with E-state index in [9.17, 15) is 14.0 Å². The molecule has 2 aliphatic heterocycles. The van der Waals surface area contributed by atoms with Gasteiger partial charge in [0.2, 0.25) is 5.91 Å². The zero-order chi connectivity index (χ0) is 25.6. The van der Waals surface area contributed by atoms with Crippen LogP contribution in [0.25, 0.3) is 0 Å². The fraction of sp³-hybridized carbons (Fsp3) is 0.483. The molecule has 1 atom stereocenters. The number of halogens is 1. The van der Waals surface area contributed by atoms with E-state index in [0.29, 0.717) is 26.2 Å². The first kappa shape index (κ1) is 25.5. The molecular formula is C29H35FN4O3. The van der Waals surface area contributed by atoms with Crippen molar-refractivity contribution >= 4 is 17.5 Å². The van der Waals surface area contributed by atoms with Crippen LogP contribution in [-0.4, -0.2) is 78.3 Å². The highest BCUT2D eigenvalue weighted by atomic mass is 19.1. The van der Waals surface area contributed by atoms with E-state index < -0.39 is 0 Å². The van der Waals surface area contributed by atoms with Crippen molar-refractivity contribution < 1.29 is 18.7 Å². The van der Waals surface area contributed by atoms with Crippen molar-refractivity contribution in [3.8, 4) is 0 Å². The predicted molar refractivity (Wildman–Crippen MR) is 139 cm³/mol. The van der Waals surface area contributed by atoms with E-state index >= 15 is 0 Å². The first-order valence-corrected chi connectivity index (χ1v) is 13.4. The summed E-state index contributed by atoms with van der Waals surface area (Å²) in [6.07, 6.45) is 4.45. The van der Waals surface area contributed by atoms with Crippen molar-refractivity contribution in [2.24, 2.45) is 11.0 Å². The third kappa shape index (κ3) is 6.25. The molecule has 0 bridgehead atoms. The molecule has 0 N–H and O–H groups in total. The molecule has 7 nitrogen and oxygen atoms in total. The summed E-state index contributed by atoms with van der Waals surface area (Å²) in [6, 6.07) is 15.8. The van der Waals surface area contributed by atoms with Gasteiger partial charge < -0.3 is 9.64 Å². The summed E-state index contributed by atoms with van der Waals surface area (Å²) in [5, 5.41) is 6.26. The van der Waals surface area contributed by atoms with Crippen LogP contribution >= 0.6 is 0 Å². The molecule has 37 heavy (non-hydrogen) atoms. The highest BCUT2D eigenvalue weighted by molar-refractivity contribution is 6.03. The minimum Gasteiger partial charge on any atom is -0.379 e. The Morgan fingerprint density at radius 2 is 1.70 bits per heavy atom. The van der Waals surface area contributed by atoms with E-state index in [1.165, 1.54) is 17.1 Å². The van der Waals surface area contributed by atoms with E-state index in [0.717, 1.165) is 62.2 Å². The Bertz CT molecular complexity index is 1100. The van der Waals surface area contributed by atoms with E-state index in [1.807, 2.05) is 30.3 Å². The minimum absolute atomic E-state index is 0.000681. The molecule has 0 radical (unpaired) electrons. The Labute approximate surface area is 217 Å². The average Bonchev–Trinajstić information content (AvgIpc) is 3.63. The van der Waals surface area contributed by atoms with Gasteiger partial charge in [-0.1, -0.05) is 55.3 Å². The molecule has 1 saturated heterocycles. The highest BCUT2D eigenvalue weighted by Crippen LogP contribution is 2.33. The molecule has 2 aromatic rings. The third-order valence-corrected chi connectivity index (χ3v) is 7.66. The number of carbonyl (C=O) groups excluding carboxylic acids is 2. The van der Waals surface area contributed by atoms with Crippen molar-refractivity contribution in [1.29, 1.82) is 0 Å². The summed E-state index contributed by atoms with van der Waals surface area (Å²) in [5.74, 6) is -0.424. The van der Waals surface area contributed by atoms with Crippen LogP contribution in [-0.2, 0) is 14.3 Å². The molecular weight excluding hydrogens is 471 g/mol. The number of hydrogen-bond donors (Lipinski definition) is 0. The van der Waals surface area contributed by atoms with Gasteiger partial charge in [-0.15, -0.1) is 0 Å². The fourth-order valence-corrected chi connectivity index (χ4v) is 5.51.